The normalized spacial score (nSPS) is 13.4. The molecule has 0 aliphatic heterocycles. The van der Waals surface area contributed by atoms with E-state index in [-0.39, 0.29) is 5.78 Å². The van der Waals surface area contributed by atoms with Gasteiger partial charge in [-0.1, -0.05) is 11.6 Å². The molecule has 3 rings (SSSR count). The number of fused-ring (bicyclic) bond motifs is 2. The van der Waals surface area contributed by atoms with E-state index in [4.69, 9.17) is 16.9 Å². The molecule has 1 aromatic heterocycles. The first kappa shape index (κ1) is 13.1. The van der Waals surface area contributed by atoms with E-state index in [1.54, 1.807) is 18.2 Å². The highest BCUT2D eigenvalue weighted by Gasteiger charge is 2.22. The van der Waals surface area contributed by atoms with E-state index in [1.165, 1.54) is 6.20 Å². The number of halogens is 1. The van der Waals surface area contributed by atoms with E-state index in [0.29, 0.717) is 34.8 Å². The van der Waals surface area contributed by atoms with Crippen molar-refractivity contribution in [2.24, 2.45) is 0 Å². The van der Waals surface area contributed by atoms with Crippen LogP contribution in [0.3, 0.4) is 0 Å². The van der Waals surface area contributed by atoms with Crippen LogP contribution in [-0.4, -0.2) is 16.0 Å². The molecular weight excluding hydrogens is 280 g/mol. The van der Waals surface area contributed by atoms with Crippen molar-refractivity contribution >= 4 is 23.1 Å². The number of nitrogens with one attached hydrogen (secondary N) is 1. The maximum absolute atomic E-state index is 12.5. The van der Waals surface area contributed by atoms with Crippen molar-refractivity contribution in [2.75, 3.05) is 5.48 Å². The number of benzene rings is 1. The van der Waals surface area contributed by atoms with Gasteiger partial charge >= 0.3 is 0 Å². The third-order valence-corrected chi connectivity index (χ3v) is 3.56. The minimum absolute atomic E-state index is 0.111. The number of nitrogens with zero attached hydrogens (tertiary/aromatic N) is 1. The average molecular weight is 291 g/mol. The zero-order valence-electron chi connectivity index (χ0n) is 10.4. The van der Waals surface area contributed by atoms with Gasteiger partial charge in [0.2, 0.25) is 5.78 Å². The van der Waals surface area contributed by atoms with Crippen molar-refractivity contribution in [3.8, 4) is 0 Å². The van der Waals surface area contributed by atoms with Crippen molar-refractivity contribution < 1.29 is 15.0 Å². The standard InChI is InChI=1S/C14H11ClN2O3/c15-10-3-4-12-8(5-10)1-2-9-6-11(17-20-19)7-16-13(9)14(12)18/h3-7,17,19H,1-2H2. The summed E-state index contributed by atoms with van der Waals surface area (Å²) in [6, 6.07) is 7.00. The molecule has 0 saturated carbocycles. The smallest absolute Gasteiger partial charge is 0.211 e. The summed E-state index contributed by atoms with van der Waals surface area (Å²) < 4.78 is 0. The average Bonchev–Trinajstić information content (AvgIpc) is 2.57. The van der Waals surface area contributed by atoms with Crippen LogP contribution in [-0.2, 0) is 17.8 Å². The zero-order chi connectivity index (χ0) is 14.1. The van der Waals surface area contributed by atoms with Gasteiger partial charge in [0.1, 0.15) is 5.69 Å². The van der Waals surface area contributed by atoms with Crippen molar-refractivity contribution in [3.05, 3.63) is 57.9 Å². The van der Waals surface area contributed by atoms with Crippen molar-refractivity contribution in [1.29, 1.82) is 0 Å². The highest BCUT2D eigenvalue weighted by molar-refractivity contribution is 6.30. The molecule has 20 heavy (non-hydrogen) atoms. The van der Waals surface area contributed by atoms with Crippen LogP contribution in [0.2, 0.25) is 5.02 Å². The Kier molecular flexibility index (Phi) is 3.40. The molecule has 1 aromatic carbocycles. The maximum Gasteiger partial charge on any atom is 0.211 e. The number of anilines is 1. The lowest BCUT2D eigenvalue weighted by molar-refractivity contribution is -0.215. The number of rotatable bonds is 2. The lowest BCUT2D eigenvalue weighted by Crippen LogP contribution is -2.08. The van der Waals surface area contributed by atoms with Crippen LogP contribution in [0.25, 0.3) is 0 Å². The number of carbonyl (C=O) groups excluding carboxylic acids is 1. The summed E-state index contributed by atoms with van der Waals surface area (Å²) in [5.41, 5.74) is 5.57. The van der Waals surface area contributed by atoms with E-state index in [9.17, 15) is 4.79 Å². The number of pyridine rings is 1. The van der Waals surface area contributed by atoms with Crippen molar-refractivity contribution in [1.82, 2.24) is 4.98 Å². The Hall–Kier alpha value is -1.95. The summed E-state index contributed by atoms with van der Waals surface area (Å²) in [6.45, 7) is 0. The highest BCUT2D eigenvalue weighted by Crippen LogP contribution is 2.26. The molecular formula is C14H11ClN2O3. The number of aryl methyl sites for hydroxylation is 2. The number of hydrogen-bond acceptors (Lipinski definition) is 5. The molecule has 1 heterocycles. The van der Waals surface area contributed by atoms with Gasteiger partial charge in [-0.2, -0.15) is 0 Å². The van der Waals surface area contributed by atoms with Crippen LogP contribution >= 0.6 is 11.6 Å². The zero-order valence-corrected chi connectivity index (χ0v) is 11.1. The molecule has 6 heteroatoms. The largest absolute Gasteiger partial charge is 0.287 e. The second-order valence-electron chi connectivity index (χ2n) is 4.56. The lowest BCUT2D eigenvalue weighted by atomic mass is 10.0. The number of ketones is 1. The lowest BCUT2D eigenvalue weighted by Gasteiger charge is -2.06. The summed E-state index contributed by atoms with van der Waals surface area (Å²) in [6.07, 6.45) is 2.82. The van der Waals surface area contributed by atoms with Gasteiger partial charge in [0.25, 0.3) is 0 Å². The minimum Gasteiger partial charge on any atom is -0.287 e. The molecule has 0 spiro atoms. The summed E-state index contributed by atoms with van der Waals surface area (Å²) in [5.74, 6) is -0.111. The van der Waals surface area contributed by atoms with Crippen molar-refractivity contribution in [3.63, 3.8) is 0 Å². The number of carbonyl (C=O) groups is 1. The fraction of sp³-hybridized carbons (Fsp3) is 0.143. The molecule has 0 atom stereocenters. The first-order chi connectivity index (χ1) is 9.69. The molecule has 0 fully saturated rings. The molecule has 0 radical (unpaired) electrons. The van der Waals surface area contributed by atoms with Gasteiger partial charge in [-0.15, -0.1) is 4.99 Å². The first-order valence-electron chi connectivity index (χ1n) is 6.07. The maximum atomic E-state index is 12.5. The molecule has 0 amide bonds. The van der Waals surface area contributed by atoms with E-state index < -0.39 is 0 Å². The fourth-order valence-corrected chi connectivity index (χ4v) is 2.60. The van der Waals surface area contributed by atoms with Gasteiger partial charge in [0.15, 0.2) is 0 Å². The predicted molar refractivity (Wildman–Crippen MR) is 73.9 cm³/mol. The number of aromatic nitrogens is 1. The Balaban J connectivity index is 2.07. The summed E-state index contributed by atoms with van der Waals surface area (Å²) in [7, 11) is 0. The summed E-state index contributed by atoms with van der Waals surface area (Å²) in [4.78, 5) is 20.5. The molecule has 102 valence electrons. The van der Waals surface area contributed by atoms with Gasteiger partial charge < -0.3 is 0 Å². The van der Waals surface area contributed by atoms with Crippen LogP contribution in [0.5, 0.6) is 0 Å². The third kappa shape index (κ3) is 2.27. The first-order valence-corrected chi connectivity index (χ1v) is 6.45. The van der Waals surface area contributed by atoms with E-state index in [1.807, 2.05) is 6.07 Å². The van der Waals surface area contributed by atoms with Crippen LogP contribution in [0.1, 0.15) is 27.2 Å². The minimum atomic E-state index is -0.111. The van der Waals surface area contributed by atoms with Crippen molar-refractivity contribution in [2.45, 2.75) is 12.8 Å². The van der Waals surface area contributed by atoms with Gasteiger partial charge in [0.05, 0.1) is 11.9 Å². The molecule has 0 bridgehead atoms. The Morgan fingerprint density at radius 1 is 1.25 bits per heavy atom. The summed E-state index contributed by atoms with van der Waals surface area (Å²) in [5, 5.41) is 9.00. The Labute approximate surface area is 120 Å². The van der Waals surface area contributed by atoms with Gasteiger partial charge in [-0.05, 0) is 48.2 Å². The second-order valence-corrected chi connectivity index (χ2v) is 4.99. The Morgan fingerprint density at radius 3 is 2.85 bits per heavy atom. The molecule has 1 aliphatic carbocycles. The summed E-state index contributed by atoms with van der Waals surface area (Å²) >= 11 is 5.97. The molecule has 0 saturated heterocycles. The fourth-order valence-electron chi connectivity index (χ4n) is 2.40. The van der Waals surface area contributed by atoms with Crippen LogP contribution in [0, 0.1) is 0 Å². The van der Waals surface area contributed by atoms with Gasteiger partial charge in [-0.25, -0.2) is 10.7 Å². The van der Waals surface area contributed by atoms with E-state index >= 15 is 0 Å². The van der Waals surface area contributed by atoms with Crippen LogP contribution < -0.4 is 5.48 Å². The monoisotopic (exact) mass is 290 g/mol. The van der Waals surface area contributed by atoms with Crippen LogP contribution in [0.4, 0.5) is 5.69 Å². The molecule has 5 nitrogen and oxygen atoms in total. The molecule has 2 aromatic rings. The predicted octanol–water partition coefficient (Wildman–Crippen LogP) is 2.88. The van der Waals surface area contributed by atoms with E-state index in [2.05, 4.69) is 15.5 Å². The Morgan fingerprint density at radius 2 is 2.05 bits per heavy atom. The molecule has 2 N–H and O–H groups in total. The third-order valence-electron chi connectivity index (χ3n) is 3.32. The Bertz CT molecular complexity index is 688. The molecule has 0 unspecified atom stereocenters. The van der Waals surface area contributed by atoms with Gasteiger partial charge in [0, 0.05) is 10.6 Å². The van der Waals surface area contributed by atoms with Crippen LogP contribution in [0.15, 0.2) is 30.5 Å². The topological polar surface area (TPSA) is 71.5 Å². The molecule has 1 aliphatic rings. The SMILES string of the molecule is O=C1c2ccc(Cl)cc2CCc2cc(NOO)cnc21. The quantitative estimate of drug-likeness (QED) is 0.657. The second kappa shape index (κ2) is 5.20. The van der Waals surface area contributed by atoms with E-state index in [0.717, 1.165) is 11.1 Å². The highest BCUT2D eigenvalue weighted by atomic mass is 35.5. The van der Waals surface area contributed by atoms with Gasteiger partial charge in [-0.3, -0.25) is 9.78 Å². The number of hydrogen-bond donors (Lipinski definition) is 2.